The van der Waals surface area contributed by atoms with Gasteiger partial charge in [0.15, 0.2) is 17.3 Å². The quantitative estimate of drug-likeness (QED) is 0.772. The molecule has 10 heteroatoms. The molecule has 0 N–H and O–H groups in total. The first kappa shape index (κ1) is 14.5. The lowest BCUT2D eigenvalue weighted by molar-refractivity contribution is -0.275. The van der Waals surface area contributed by atoms with Gasteiger partial charge in [-0.25, -0.2) is 13.8 Å². The molecule has 18 heavy (non-hydrogen) atoms. The first-order valence-electron chi connectivity index (χ1n) is 4.12. The zero-order valence-corrected chi connectivity index (χ0v) is 8.16. The van der Waals surface area contributed by atoms with Crippen LogP contribution in [0.1, 0.15) is 11.3 Å². The summed E-state index contributed by atoms with van der Waals surface area (Å²) in [6, 6.07) is 0. The van der Waals surface area contributed by atoms with Gasteiger partial charge in [0, 0.05) is 0 Å². The molecule has 0 spiro atoms. The highest BCUT2D eigenvalue weighted by Crippen LogP contribution is 2.35. The average Bonchev–Trinajstić information content (AvgIpc) is 2.13. The first-order chi connectivity index (χ1) is 8.06. The normalized spacial score (nSPS) is 12.7. The maximum Gasteiger partial charge on any atom is 0.573 e. The molecular weight excluding hydrogens is 278 g/mol. The number of pyridine rings is 1. The number of alkyl halides is 7. The molecular formula is C8H3F8NO. The van der Waals surface area contributed by atoms with Crippen molar-refractivity contribution in [1.29, 1.82) is 0 Å². The van der Waals surface area contributed by atoms with Crippen molar-refractivity contribution in [2.45, 2.75) is 19.2 Å². The standard InChI is InChI=1S/C8H3F8NO/c9-1-3-4(18-8(14,15)16)2-17-6(5(3)10)7(11,12)13/h2H,1H2. The molecule has 0 saturated heterocycles. The molecule has 0 radical (unpaired) electrons. The maximum absolute atomic E-state index is 13.1. The maximum atomic E-state index is 13.1. The van der Waals surface area contributed by atoms with E-state index in [1.807, 2.05) is 0 Å². The number of hydrogen-bond acceptors (Lipinski definition) is 2. The predicted molar refractivity (Wildman–Crippen MR) is 40.7 cm³/mol. The Morgan fingerprint density at radius 1 is 1.11 bits per heavy atom. The van der Waals surface area contributed by atoms with E-state index in [9.17, 15) is 35.1 Å². The van der Waals surface area contributed by atoms with Crippen LogP contribution in [0.15, 0.2) is 6.20 Å². The van der Waals surface area contributed by atoms with Gasteiger partial charge in [0.05, 0.1) is 11.8 Å². The molecule has 1 aromatic rings. The van der Waals surface area contributed by atoms with Gasteiger partial charge >= 0.3 is 12.5 Å². The van der Waals surface area contributed by atoms with E-state index < -0.39 is 42.0 Å². The summed E-state index contributed by atoms with van der Waals surface area (Å²) in [7, 11) is 0. The van der Waals surface area contributed by atoms with E-state index in [1.165, 1.54) is 0 Å². The van der Waals surface area contributed by atoms with Crippen LogP contribution in [0.4, 0.5) is 35.1 Å². The topological polar surface area (TPSA) is 22.1 Å². The zero-order chi connectivity index (χ0) is 14.1. The Labute approximate surface area is 94.2 Å². The van der Waals surface area contributed by atoms with Crippen LogP contribution in [-0.4, -0.2) is 11.3 Å². The largest absolute Gasteiger partial charge is 0.573 e. The molecule has 0 unspecified atom stereocenters. The second kappa shape index (κ2) is 4.58. The minimum atomic E-state index is -5.29. The molecule has 1 heterocycles. The fraction of sp³-hybridized carbons (Fsp3) is 0.375. The van der Waals surface area contributed by atoms with E-state index in [2.05, 4.69) is 9.72 Å². The van der Waals surface area contributed by atoms with Gasteiger partial charge in [-0.1, -0.05) is 0 Å². The van der Waals surface area contributed by atoms with Gasteiger partial charge in [0.2, 0.25) is 0 Å². The highest BCUT2D eigenvalue weighted by Gasteiger charge is 2.39. The summed E-state index contributed by atoms with van der Waals surface area (Å²) in [5.41, 5.74) is -3.60. The Morgan fingerprint density at radius 2 is 1.67 bits per heavy atom. The van der Waals surface area contributed by atoms with Crippen LogP contribution < -0.4 is 4.74 Å². The van der Waals surface area contributed by atoms with Gasteiger partial charge in [0.1, 0.15) is 6.67 Å². The van der Waals surface area contributed by atoms with Crippen molar-refractivity contribution in [1.82, 2.24) is 4.98 Å². The summed E-state index contributed by atoms with van der Waals surface area (Å²) in [5, 5.41) is 0. The van der Waals surface area contributed by atoms with E-state index >= 15 is 0 Å². The van der Waals surface area contributed by atoms with Crippen molar-refractivity contribution < 1.29 is 39.9 Å². The lowest BCUT2D eigenvalue weighted by atomic mass is 10.2. The number of nitrogens with zero attached hydrogens (tertiary/aromatic N) is 1. The van der Waals surface area contributed by atoms with Crippen LogP contribution in [-0.2, 0) is 12.9 Å². The van der Waals surface area contributed by atoms with Crippen LogP contribution in [0.5, 0.6) is 5.75 Å². The Morgan fingerprint density at radius 3 is 2.06 bits per heavy atom. The Hall–Kier alpha value is -1.61. The number of hydrogen-bond donors (Lipinski definition) is 0. The summed E-state index contributed by atoms with van der Waals surface area (Å²) in [5.74, 6) is -3.68. The molecule has 0 aliphatic carbocycles. The molecule has 0 atom stereocenters. The Bertz CT molecular complexity index is 438. The highest BCUT2D eigenvalue weighted by atomic mass is 19.4. The van der Waals surface area contributed by atoms with E-state index in [0.717, 1.165) is 0 Å². The number of halogens is 8. The second-order valence-electron chi connectivity index (χ2n) is 2.94. The summed E-state index contributed by atoms with van der Waals surface area (Å²) < 4.78 is 100. The molecule has 1 aromatic heterocycles. The molecule has 0 saturated carbocycles. The summed E-state index contributed by atoms with van der Waals surface area (Å²) in [4.78, 5) is 2.45. The van der Waals surface area contributed by atoms with Gasteiger partial charge < -0.3 is 4.74 Å². The van der Waals surface area contributed by atoms with Crippen molar-refractivity contribution in [2.24, 2.45) is 0 Å². The zero-order valence-electron chi connectivity index (χ0n) is 8.16. The van der Waals surface area contributed by atoms with Crippen molar-refractivity contribution >= 4 is 0 Å². The SMILES string of the molecule is FCc1c(OC(F)(F)F)cnc(C(F)(F)F)c1F. The summed E-state index contributed by atoms with van der Waals surface area (Å²) in [6.07, 6.45) is -10.6. The molecule has 1 rings (SSSR count). The van der Waals surface area contributed by atoms with Crippen LogP contribution in [0.25, 0.3) is 0 Å². The first-order valence-corrected chi connectivity index (χ1v) is 4.12. The van der Waals surface area contributed by atoms with Gasteiger partial charge in [-0.15, -0.1) is 13.2 Å². The van der Waals surface area contributed by atoms with Crippen molar-refractivity contribution in [3.8, 4) is 5.75 Å². The average molecular weight is 281 g/mol. The van der Waals surface area contributed by atoms with Crippen molar-refractivity contribution in [2.75, 3.05) is 0 Å². The minimum Gasteiger partial charge on any atom is -0.404 e. The fourth-order valence-corrected chi connectivity index (χ4v) is 1.04. The Balaban J connectivity index is 3.30. The van der Waals surface area contributed by atoms with Gasteiger partial charge in [-0.05, 0) is 0 Å². The molecule has 2 nitrogen and oxygen atoms in total. The van der Waals surface area contributed by atoms with E-state index in [4.69, 9.17) is 0 Å². The Kier molecular flexibility index (Phi) is 3.67. The van der Waals surface area contributed by atoms with E-state index in [1.54, 1.807) is 0 Å². The molecule has 0 fully saturated rings. The molecule has 102 valence electrons. The van der Waals surface area contributed by atoms with E-state index in [0.29, 0.717) is 0 Å². The summed E-state index contributed by atoms with van der Waals surface area (Å²) in [6.45, 7) is -1.90. The lowest BCUT2D eigenvalue weighted by Crippen LogP contribution is -2.20. The van der Waals surface area contributed by atoms with Crippen molar-refractivity contribution in [3.63, 3.8) is 0 Å². The lowest BCUT2D eigenvalue weighted by Gasteiger charge is -2.14. The monoisotopic (exact) mass is 281 g/mol. The predicted octanol–water partition coefficient (Wildman–Crippen LogP) is 3.61. The molecule has 0 bridgehead atoms. The minimum absolute atomic E-state index is 0.0334. The highest BCUT2D eigenvalue weighted by molar-refractivity contribution is 5.34. The van der Waals surface area contributed by atoms with Gasteiger partial charge in [-0.2, -0.15) is 13.2 Å². The van der Waals surface area contributed by atoms with Crippen molar-refractivity contribution in [3.05, 3.63) is 23.3 Å². The van der Waals surface area contributed by atoms with Crippen LogP contribution in [0.2, 0.25) is 0 Å². The number of rotatable bonds is 2. The smallest absolute Gasteiger partial charge is 0.404 e. The fourth-order valence-electron chi connectivity index (χ4n) is 1.04. The summed E-state index contributed by atoms with van der Waals surface area (Å²) >= 11 is 0. The van der Waals surface area contributed by atoms with Gasteiger partial charge in [0.25, 0.3) is 0 Å². The second-order valence-corrected chi connectivity index (χ2v) is 2.94. The molecule has 0 aliphatic rings. The third-order valence-electron chi connectivity index (χ3n) is 1.71. The molecule has 0 aromatic carbocycles. The van der Waals surface area contributed by atoms with Gasteiger partial charge in [-0.3, -0.25) is 0 Å². The number of aromatic nitrogens is 1. The number of ether oxygens (including phenoxy) is 1. The molecule has 0 amide bonds. The van der Waals surface area contributed by atoms with Crippen LogP contribution >= 0.6 is 0 Å². The van der Waals surface area contributed by atoms with Crippen LogP contribution in [0.3, 0.4) is 0 Å². The third-order valence-corrected chi connectivity index (χ3v) is 1.71. The van der Waals surface area contributed by atoms with E-state index in [-0.39, 0.29) is 6.20 Å². The molecule has 0 aliphatic heterocycles. The third kappa shape index (κ3) is 3.20. The van der Waals surface area contributed by atoms with Crippen LogP contribution in [0, 0.1) is 5.82 Å².